The van der Waals surface area contributed by atoms with Gasteiger partial charge in [-0.05, 0) is 0 Å². The van der Waals surface area contributed by atoms with E-state index in [-0.39, 0.29) is 6.61 Å². The van der Waals surface area contributed by atoms with Gasteiger partial charge in [0.1, 0.15) is 5.75 Å². The fourth-order valence-electron chi connectivity index (χ4n) is 1.02. The number of ether oxygens (including phenoxy) is 1. The van der Waals surface area contributed by atoms with Crippen LogP contribution in [0.5, 0.6) is 5.75 Å². The molecule has 0 radical (unpaired) electrons. The molecule has 1 rings (SSSR count). The van der Waals surface area contributed by atoms with Crippen molar-refractivity contribution in [1.82, 2.24) is 0 Å². The van der Waals surface area contributed by atoms with Gasteiger partial charge in [-0.25, -0.2) is 4.73 Å². The normalized spacial score (nSPS) is 9.86. The molecule has 0 aliphatic heterocycles. The van der Waals surface area contributed by atoms with Gasteiger partial charge in [-0.1, -0.05) is 0 Å². The summed E-state index contributed by atoms with van der Waals surface area (Å²) in [6.07, 6.45) is 1.98. The molecule has 5 heteroatoms. The Bertz CT molecular complexity index is 291. The van der Waals surface area contributed by atoms with Crippen LogP contribution in [0.25, 0.3) is 0 Å². The first-order chi connectivity index (χ1) is 6.77. The summed E-state index contributed by atoms with van der Waals surface area (Å²) >= 11 is 0. The van der Waals surface area contributed by atoms with Crippen LogP contribution in [-0.2, 0) is 0 Å². The molecular formula is C9H14N2O3. The van der Waals surface area contributed by atoms with Crippen LogP contribution in [0.2, 0.25) is 0 Å². The van der Waals surface area contributed by atoms with Crippen molar-refractivity contribution in [2.75, 3.05) is 25.6 Å². The van der Waals surface area contributed by atoms with Gasteiger partial charge in [-0.2, -0.15) is 0 Å². The molecule has 0 fully saturated rings. The van der Waals surface area contributed by atoms with Crippen molar-refractivity contribution in [2.24, 2.45) is 0 Å². The minimum atomic E-state index is 0.107. The molecular weight excluding hydrogens is 184 g/mol. The molecule has 78 valence electrons. The van der Waals surface area contributed by atoms with E-state index < -0.39 is 0 Å². The number of aliphatic hydroxyl groups is 1. The monoisotopic (exact) mass is 198 g/mol. The van der Waals surface area contributed by atoms with Crippen LogP contribution in [0.4, 0.5) is 5.82 Å². The van der Waals surface area contributed by atoms with Crippen LogP contribution in [0.15, 0.2) is 18.3 Å². The Hall–Kier alpha value is -1.49. The van der Waals surface area contributed by atoms with Crippen LogP contribution >= 0.6 is 0 Å². The highest BCUT2D eigenvalue weighted by Gasteiger charge is 2.04. The van der Waals surface area contributed by atoms with Crippen LogP contribution in [0.1, 0.15) is 6.42 Å². The molecule has 0 amide bonds. The number of rotatable bonds is 5. The second-order valence-electron chi connectivity index (χ2n) is 2.78. The Balaban J connectivity index is 2.64. The van der Waals surface area contributed by atoms with Crippen molar-refractivity contribution < 1.29 is 14.6 Å². The third kappa shape index (κ3) is 2.77. The van der Waals surface area contributed by atoms with E-state index in [1.165, 1.54) is 6.20 Å². The number of methoxy groups -OCH3 is 1. The highest BCUT2D eigenvalue weighted by molar-refractivity contribution is 5.35. The Morgan fingerprint density at radius 2 is 2.43 bits per heavy atom. The molecule has 0 spiro atoms. The second kappa shape index (κ2) is 5.29. The van der Waals surface area contributed by atoms with Gasteiger partial charge in [0, 0.05) is 19.1 Å². The first-order valence-corrected chi connectivity index (χ1v) is 4.40. The third-order valence-corrected chi connectivity index (χ3v) is 1.77. The van der Waals surface area contributed by atoms with E-state index in [9.17, 15) is 5.21 Å². The molecule has 0 bridgehead atoms. The lowest BCUT2D eigenvalue weighted by atomic mass is 10.4. The Morgan fingerprint density at radius 3 is 3.07 bits per heavy atom. The predicted octanol–water partition coefficient (Wildman–Crippen LogP) is 0.123. The van der Waals surface area contributed by atoms with Gasteiger partial charge < -0.3 is 15.1 Å². The average Bonchev–Trinajstić information content (AvgIpc) is 2.21. The maximum absolute atomic E-state index is 11.2. The van der Waals surface area contributed by atoms with E-state index in [1.54, 1.807) is 19.2 Å². The van der Waals surface area contributed by atoms with Gasteiger partial charge in [-0.3, -0.25) is 5.32 Å². The van der Waals surface area contributed by atoms with E-state index in [1.807, 2.05) is 0 Å². The smallest absolute Gasteiger partial charge is 0.281 e. The lowest BCUT2D eigenvalue weighted by Gasteiger charge is -2.09. The maximum Gasteiger partial charge on any atom is 0.281 e. The molecule has 1 heterocycles. The van der Waals surface area contributed by atoms with Gasteiger partial charge in [0.2, 0.25) is 0 Å². The number of pyridine rings is 1. The number of nitrogens with zero attached hydrogens (tertiary/aromatic N) is 1. The second-order valence-corrected chi connectivity index (χ2v) is 2.78. The van der Waals surface area contributed by atoms with Crippen LogP contribution in [-0.4, -0.2) is 25.4 Å². The van der Waals surface area contributed by atoms with E-state index in [2.05, 4.69) is 5.32 Å². The Labute approximate surface area is 82.5 Å². The molecule has 0 aromatic carbocycles. The number of aliphatic hydroxyl groups excluding tert-OH is 1. The highest BCUT2D eigenvalue weighted by Crippen LogP contribution is 2.11. The average molecular weight is 198 g/mol. The zero-order valence-corrected chi connectivity index (χ0v) is 8.06. The summed E-state index contributed by atoms with van der Waals surface area (Å²) in [5.74, 6) is 1.06. The summed E-state index contributed by atoms with van der Waals surface area (Å²) < 4.78 is 5.70. The number of hydrogen-bond acceptors (Lipinski definition) is 4. The van der Waals surface area contributed by atoms with Crippen LogP contribution < -0.4 is 14.8 Å². The summed E-state index contributed by atoms with van der Waals surface area (Å²) in [4.78, 5) is 0. The quantitative estimate of drug-likeness (QED) is 0.400. The van der Waals surface area contributed by atoms with Gasteiger partial charge in [-0.15, -0.1) is 0 Å². The standard InChI is InChI=1S/C9H14N2O3/c1-14-8-3-5-11(13)9(7-8)10-4-2-6-12/h3,5,7,10,12H,2,4,6H2,1H3. The summed E-state index contributed by atoms with van der Waals surface area (Å²) in [6.45, 7) is 0.668. The lowest BCUT2D eigenvalue weighted by Crippen LogP contribution is -2.30. The van der Waals surface area contributed by atoms with Gasteiger partial charge >= 0.3 is 0 Å². The molecule has 0 saturated carbocycles. The van der Waals surface area contributed by atoms with E-state index >= 15 is 0 Å². The zero-order chi connectivity index (χ0) is 10.4. The molecule has 14 heavy (non-hydrogen) atoms. The SMILES string of the molecule is COc1cc[n+]([O-])c(NCCCO)c1. The summed E-state index contributed by atoms with van der Waals surface area (Å²) in [5, 5.41) is 22.7. The summed E-state index contributed by atoms with van der Waals surface area (Å²) in [5.41, 5.74) is 0. The summed E-state index contributed by atoms with van der Waals surface area (Å²) in [6, 6.07) is 3.20. The number of anilines is 1. The van der Waals surface area contributed by atoms with Crippen molar-refractivity contribution in [3.8, 4) is 5.75 Å². The van der Waals surface area contributed by atoms with Crippen LogP contribution in [0, 0.1) is 5.21 Å². The molecule has 0 aliphatic carbocycles. The lowest BCUT2D eigenvalue weighted by molar-refractivity contribution is -0.590. The molecule has 5 nitrogen and oxygen atoms in total. The van der Waals surface area contributed by atoms with Gasteiger partial charge in [0.15, 0.2) is 0 Å². The zero-order valence-electron chi connectivity index (χ0n) is 8.06. The molecule has 1 aromatic rings. The molecule has 0 atom stereocenters. The van der Waals surface area contributed by atoms with Crippen molar-refractivity contribution in [2.45, 2.75) is 6.42 Å². The fraction of sp³-hybridized carbons (Fsp3) is 0.444. The minimum absolute atomic E-state index is 0.107. The Morgan fingerprint density at radius 1 is 1.64 bits per heavy atom. The molecule has 0 saturated heterocycles. The molecule has 0 unspecified atom stereocenters. The first kappa shape index (κ1) is 10.6. The fourth-order valence-corrected chi connectivity index (χ4v) is 1.02. The molecule has 1 aromatic heterocycles. The number of hydrogen-bond donors (Lipinski definition) is 2. The highest BCUT2D eigenvalue weighted by atomic mass is 16.5. The largest absolute Gasteiger partial charge is 0.711 e. The topological polar surface area (TPSA) is 68.4 Å². The van der Waals surface area contributed by atoms with Crippen molar-refractivity contribution in [3.05, 3.63) is 23.5 Å². The van der Waals surface area contributed by atoms with Crippen molar-refractivity contribution in [1.29, 1.82) is 0 Å². The minimum Gasteiger partial charge on any atom is -0.711 e. The van der Waals surface area contributed by atoms with E-state index in [4.69, 9.17) is 9.84 Å². The molecule has 2 N–H and O–H groups in total. The third-order valence-electron chi connectivity index (χ3n) is 1.77. The van der Waals surface area contributed by atoms with Gasteiger partial charge in [0.25, 0.3) is 5.82 Å². The van der Waals surface area contributed by atoms with Gasteiger partial charge in [0.05, 0.1) is 25.9 Å². The van der Waals surface area contributed by atoms with E-state index in [0.29, 0.717) is 24.5 Å². The van der Waals surface area contributed by atoms with E-state index in [0.717, 1.165) is 4.73 Å². The predicted molar refractivity (Wildman–Crippen MR) is 52.1 cm³/mol. The molecule has 0 aliphatic rings. The Kier molecular flexibility index (Phi) is 4.00. The van der Waals surface area contributed by atoms with Crippen molar-refractivity contribution >= 4 is 5.82 Å². The number of nitrogens with one attached hydrogen (secondary N) is 1. The summed E-state index contributed by atoms with van der Waals surface area (Å²) in [7, 11) is 1.54. The first-order valence-electron chi connectivity index (χ1n) is 4.40. The number of aromatic nitrogens is 1. The maximum atomic E-state index is 11.2. The van der Waals surface area contributed by atoms with Crippen molar-refractivity contribution in [3.63, 3.8) is 0 Å². The van der Waals surface area contributed by atoms with Crippen LogP contribution in [0.3, 0.4) is 0 Å².